The molecule has 0 aliphatic carbocycles. The second-order valence-corrected chi connectivity index (χ2v) is 4.54. The second-order valence-electron chi connectivity index (χ2n) is 3.72. The van der Waals surface area contributed by atoms with Crippen LogP contribution in [0.2, 0.25) is 5.02 Å². The van der Waals surface area contributed by atoms with E-state index in [-0.39, 0.29) is 5.56 Å². The van der Waals surface area contributed by atoms with E-state index in [4.69, 9.17) is 23.8 Å². The molecule has 0 fully saturated rings. The number of rotatable bonds is 1. The summed E-state index contributed by atoms with van der Waals surface area (Å²) in [4.78, 5) is 11.6. The summed E-state index contributed by atoms with van der Waals surface area (Å²) < 4.78 is 1.74. The van der Waals surface area contributed by atoms with Crippen molar-refractivity contribution in [2.45, 2.75) is 0 Å². The van der Waals surface area contributed by atoms with Gasteiger partial charge in [0.1, 0.15) is 5.52 Å². The molecule has 0 radical (unpaired) electrons. The number of benzene rings is 1. The molecular formula is C11H7ClN4OS. The fourth-order valence-electron chi connectivity index (χ4n) is 1.69. The lowest BCUT2D eigenvalue weighted by Gasteiger charge is -1.95. The van der Waals surface area contributed by atoms with Gasteiger partial charge in [0.05, 0.1) is 5.69 Å². The van der Waals surface area contributed by atoms with Gasteiger partial charge < -0.3 is 0 Å². The van der Waals surface area contributed by atoms with Gasteiger partial charge in [0, 0.05) is 10.6 Å². The molecular weight excluding hydrogens is 272 g/mol. The average Bonchev–Trinajstić information content (AvgIpc) is 2.81. The summed E-state index contributed by atoms with van der Waals surface area (Å²) in [7, 11) is 0. The Bertz CT molecular complexity index is 784. The molecule has 0 saturated heterocycles. The maximum absolute atomic E-state index is 11.6. The maximum atomic E-state index is 11.6. The molecule has 5 nitrogen and oxygen atoms in total. The molecule has 1 aromatic carbocycles. The molecule has 0 spiro atoms. The monoisotopic (exact) mass is 278 g/mol. The van der Waals surface area contributed by atoms with Crippen molar-refractivity contribution in [3.05, 3.63) is 50.5 Å². The number of halogens is 1. The standard InChI is InChI=1S/C11H7ClN4OS/c12-7-3-1-6(2-4-7)8-5-9-10(17)13-14-11(18)16(9)15-8/h1-5H,(H,13,17)(H,14,18). The minimum absolute atomic E-state index is 0.267. The quantitative estimate of drug-likeness (QED) is 0.672. The number of nitrogens with zero attached hydrogens (tertiary/aromatic N) is 2. The van der Waals surface area contributed by atoms with Crippen LogP contribution in [0.25, 0.3) is 16.8 Å². The first-order valence-electron chi connectivity index (χ1n) is 5.12. The van der Waals surface area contributed by atoms with E-state index in [0.717, 1.165) is 5.56 Å². The number of aromatic nitrogens is 4. The predicted octanol–water partition coefficient (Wildman–Crippen LogP) is 2.40. The zero-order chi connectivity index (χ0) is 12.7. The number of hydrogen-bond donors (Lipinski definition) is 2. The van der Waals surface area contributed by atoms with Gasteiger partial charge in [0.15, 0.2) is 0 Å². The van der Waals surface area contributed by atoms with Crippen LogP contribution >= 0.6 is 23.8 Å². The van der Waals surface area contributed by atoms with E-state index >= 15 is 0 Å². The number of H-pyrrole nitrogens is 2. The third-order valence-electron chi connectivity index (χ3n) is 2.56. The Balaban J connectivity index is 2.29. The highest BCUT2D eigenvalue weighted by molar-refractivity contribution is 7.71. The Hall–Kier alpha value is -1.92. The van der Waals surface area contributed by atoms with Crippen molar-refractivity contribution >= 4 is 29.3 Å². The van der Waals surface area contributed by atoms with Gasteiger partial charge in [-0.15, -0.1) is 0 Å². The molecule has 2 heterocycles. The molecule has 7 heteroatoms. The van der Waals surface area contributed by atoms with Crippen molar-refractivity contribution in [1.29, 1.82) is 0 Å². The molecule has 0 atom stereocenters. The van der Waals surface area contributed by atoms with E-state index in [1.165, 1.54) is 4.52 Å². The number of nitrogens with one attached hydrogen (secondary N) is 2. The second kappa shape index (κ2) is 4.08. The number of hydrogen-bond acceptors (Lipinski definition) is 3. The minimum Gasteiger partial charge on any atom is -0.272 e. The van der Waals surface area contributed by atoms with E-state index in [2.05, 4.69) is 15.3 Å². The van der Waals surface area contributed by atoms with Crippen molar-refractivity contribution in [2.24, 2.45) is 0 Å². The van der Waals surface area contributed by atoms with Gasteiger partial charge in [-0.2, -0.15) is 9.61 Å². The van der Waals surface area contributed by atoms with Crippen molar-refractivity contribution in [3.63, 3.8) is 0 Å². The highest BCUT2D eigenvalue weighted by atomic mass is 35.5. The average molecular weight is 279 g/mol. The summed E-state index contributed by atoms with van der Waals surface area (Å²) in [6.07, 6.45) is 0. The third kappa shape index (κ3) is 1.75. The summed E-state index contributed by atoms with van der Waals surface area (Å²) in [5.41, 5.74) is 1.68. The largest absolute Gasteiger partial charge is 0.288 e. The highest BCUT2D eigenvalue weighted by Crippen LogP contribution is 2.20. The highest BCUT2D eigenvalue weighted by Gasteiger charge is 2.07. The first kappa shape index (κ1) is 11.2. The van der Waals surface area contributed by atoms with Crippen LogP contribution in [0.3, 0.4) is 0 Å². The predicted molar refractivity (Wildman–Crippen MR) is 71.4 cm³/mol. The van der Waals surface area contributed by atoms with Crippen LogP contribution < -0.4 is 5.56 Å². The SMILES string of the molecule is O=c1[nH][nH]c(=S)n2nc(-c3ccc(Cl)cc3)cc12. The molecule has 0 aliphatic rings. The van der Waals surface area contributed by atoms with Crippen molar-refractivity contribution in [3.8, 4) is 11.3 Å². The molecule has 3 aromatic rings. The van der Waals surface area contributed by atoms with Crippen molar-refractivity contribution in [1.82, 2.24) is 19.8 Å². The fraction of sp³-hybridized carbons (Fsp3) is 0. The van der Waals surface area contributed by atoms with Gasteiger partial charge in [-0.1, -0.05) is 23.7 Å². The van der Waals surface area contributed by atoms with E-state index in [1.807, 2.05) is 12.1 Å². The van der Waals surface area contributed by atoms with Gasteiger partial charge in [-0.25, -0.2) is 0 Å². The third-order valence-corrected chi connectivity index (χ3v) is 3.08. The van der Waals surface area contributed by atoms with E-state index in [1.54, 1.807) is 18.2 Å². The lowest BCUT2D eigenvalue weighted by molar-refractivity contribution is 0.829. The molecule has 3 rings (SSSR count). The summed E-state index contributed by atoms with van der Waals surface area (Å²) in [6.45, 7) is 0. The topological polar surface area (TPSA) is 66.0 Å². The van der Waals surface area contributed by atoms with Crippen LogP contribution in [0.15, 0.2) is 35.1 Å². The Kier molecular flexibility index (Phi) is 2.53. The lowest BCUT2D eigenvalue weighted by Crippen LogP contribution is -2.12. The Morgan fingerprint density at radius 2 is 1.94 bits per heavy atom. The summed E-state index contributed by atoms with van der Waals surface area (Å²) in [5.74, 6) is 0. The van der Waals surface area contributed by atoms with Gasteiger partial charge in [-0.05, 0) is 30.4 Å². The molecule has 0 saturated carbocycles. The van der Waals surface area contributed by atoms with Gasteiger partial charge in [0.2, 0.25) is 4.77 Å². The summed E-state index contributed by atoms with van der Waals surface area (Å²) in [6, 6.07) is 8.90. The van der Waals surface area contributed by atoms with Crippen molar-refractivity contribution in [2.75, 3.05) is 0 Å². The molecule has 2 N–H and O–H groups in total. The first-order valence-corrected chi connectivity index (χ1v) is 5.90. The van der Waals surface area contributed by atoms with Crippen LogP contribution in [0.1, 0.15) is 0 Å². The number of fused-ring (bicyclic) bond motifs is 1. The Labute approximate surface area is 111 Å². The molecule has 0 unspecified atom stereocenters. The maximum Gasteiger partial charge on any atom is 0.288 e. The Morgan fingerprint density at radius 1 is 1.22 bits per heavy atom. The molecule has 0 aliphatic heterocycles. The lowest BCUT2D eigenvalue weighted by atomic mass is 10.1. The zero-order valence-electron chi connectivity index (χ0n) is 8.98. The molecule has 18 heavy (non-hydrogen) atoms. The zero-order valence-corrected chi connectivity index (χ0v) is 10.5. The van der Waals surface area contributed by atoms with Gasteiger partial charge in [0.25, 0.3) is 5.56 Å². The van der Waals surface area contributed by atoms with Crippen LogP contribution in [0, 0.1) is 4.77 Å². The van der Waals surface area contributed by atoms with Gasteiger partial charge >= 0.3 is 0 Å². The Morgan fingerprint density at radius 3 is 2.61 bits per heavy atom. The molecule has 0 bridgehead atoms. The summed E-state index contributed by atoms with van der Waals surface area (Å²) in [5, 5.41) is 9.96. The fourth-order valence-corrected chi connectivity index (χ4v) is 2.00. The van der Waals surface area contributed by atoms with Crippen LogP contribution in [-0.4, -0.2) is 19.8 Å². The van der Waals surface area contributed by atoms with E-state index < -0.39 is 0 Å². The van der Waals surface area contributed by atoms with Crippen molar-refractivity contribution < 1.29 is 0 Å². The van der Waals surface area contributed by atoms with Crippen LogP contribution in [-0.2, 0) is 0 Å². The molecule has 0 amide bonds. The van der Waals surface area contributed by atoms with E-state index in [0.29, 0.717) is 21.0 Å². The smallest absolute Gasteiger partial charge is 0.272 e. The minimum atomic E-state index is -0.267. The molecule has 2 aromatic heterocycles. The summed E-state index contributed by atoms with van der Waals surface area (Å²) >= 11 is 10.9. The molecule has 90 valence electrons. The van der Waals surface area contributed by atoms with Crippen LogP contribution in [0.4, 0.5) is 0 Å². The van der Waals surface area contributed by atoms with E-state index in [9.17, 15) is 4.79 Å². The first-order chi connectivity index (χ1) is 8.65. The number of aromatic amines is 2. The van der Waals surface area contributed by atoms with Gasteiger partial charge in [-0.3, -0.25) is 15.0 Å². The van der Waals surface area contributed by atoms with Crippen LogP contribution in [0.5, 0.6) is 0 Å². The normalized spacial score (nSPS) is 10.9.